The Morgan fingerprint density at radius 2 is 1.66 bits per heavy atom. The van der Waals surface area contributed by atoms with Crippen LogP contribution < -0.4 is 15.1 Å². The smallest absolute Gasteiger partial charge is 0.225 e. The molecule has 0 aliphatic carbocycles. The molecular formula is C26H37N5O. The average molecular weight is 436 g/mol. The Morgan fingerprint density at radius 1 is 1.00 bits per heavy atom. The van der Waals surface area contributed by atoms with E-state index in [1.807, 2.05) is 0 Å². The Hall–Kier alpha value is -2.63. The fourth-order valence-electron chi connectivity index (χ4n) is 4.75. The van der Waals surface area contributed by atoms with Crippen molar-refractivity contribution in [2.24, 2.45) is 11.8 Å². The van der Waals surface area contributed by atoms with Crippen molar-refractivity contribution in [3.63, 3.8) is 0 Å². The largest absolute Gasteiger partial charge is 0.355 e. The molecule has 2 aliphatic rings. The van der Waals surface area contributed by atoms with Gasteiger partial charge in [-0.25, -0.2) is 0 Å². The number of nitrogens with one attached hydrogen (secondary N) is 1. The number of amides is 1. The van der Waals surface area contributed by atoms with E-state index in [1.54, 1.807) is 0 Å². The Bertz CT molecular complexity index is 874. The van der Waals surface area contributed by atoms with Crippen LogP contribution in [0.3, 0.4) is 0 Å². The number of anilines is 2. The van der Waals surface area contributed by atoms with E-state index in [0.29, 0.717) is 6.54 Å². The predicted molar refractivity (Wildman–Crippen MR) is 130 cm³/mol. The zero-order valence-electron chi connectivity index (χ0n) is 19.8. The van der Waals surface area contributed by atoms with Crippen LogP contribution in [0.15, 0.2) is 36.4 Å². The van der Waals surface area contributed by atoms with Crippen LogP contribution in [0.25, 0.3) is 0 Å². The summed E-state index contributed by atoms with van der Waals surface area (Å²) >= 11 is 0. The standard InChI is InChI=1S/C26H37N5O/c1-4-21-7-9-22(10-8-21)20(3)27-26(32)23-6-5-15-31(18-23)25-12-11-24(28-29-25)30-16-13-19(2)14-17-30/h7-12,19-20,23H,4-6,13-18H2,1-3H3,(H,27,32)/t20-,23-/m1/s1. The van der Waals surface area contributed by atoms with Gasteiger partial charge in [-0.1, -0.05) is 38.1 Å². The zero-order chi connectivity index (χ0) is 22.5. The minimum atomic E-state index is -0.0221. The van der Waals surface area contributed by atoms with Gasteiger partial charge in [-0.05, 0) is 68.2 Å². The molecule has 172 valence electrons. The molecule has 0 radical (unpaired) electrons. The molecule has 2 saturated heterocycles. The van der Waals surface area contributed by atoms with Gasteiger partial charge >= 0.3 is 0 Å². The second-order valence-electron chi connectivity index (χ2n) is 9.53. The molecule has 32 heavy (non-hydrogen) atoms. The lowest BCUT2D eigenvalue weighted by molar-refractivity contribution is -0.125. The average Bonchev–Trinajstić information content (AvgIpc) is 2.84. The third kappa shape index (κ3) is 5.40. The third-order valence-electron chi connectivity index (χ3n) is 7.11. The van der Waals surface area contributed by atoms with Gasteiger partial charge in [0.15, 0.2) is 11.6 Å². The molecule has 3 heterocycles. The topological polar surface area (TPSA) is 61.4 Å². The van der Waals surface area contributed by atoms with Crippen molar-refractivity contribution in [2.75, 3.05) is 36.0 Å². The van der Waals surface area contributed by atoms with Crippen LogP contribution in [0.1, 0.15) is 63.6 Å². The van der Waals surface area contributed by atoms with Crippen LogP contribution in [0, 0.1) is 11.8 Å². The van der Waals surface area contributed by atoms with Gasteiger partial charge in [-0.15, -0.1) is 10.2 Å². The van der Waals surface area contributed by atoms with Gasteiger partial charge in [0.2, 0.25) is 5.91 Å². The summed E-state index contributed by atoms with van der Waals surface area (Å²) in [6.45, 7) is 10.3. The van der Waals surface area contributed by atoms with Crippen molar-refractivity contribution < 1.29 is 4.79 Å². The number of piperidine rings is 2. The molecule has 1 amide bonds. The van der Waals surface area contributed by atoms with E-state index in [4.69, 9.17) is 0 Å². The van der Waals surface area contributed by atoms with Gasteiger partial charge in [-0.3, -0.25) is 4.79 Å². The molecule has 2 aliphatic heterocycles. The SMILES string of the molecule is CCc1ccc([C@@H](C)NC(=O)[C@@H]2CCCN(c3ccc(N4CCC(C)CC4)nn3)C2)cc1. The molecule has 2 fully saturated rings. The van der Waals surface area contributed by atoms with Crippen molar-refractivity contribution in [2.45, 2.75) is 58.9 Å². The molecule has 4 rings (SSSR count). The van der Waals surface area contributed by atoms with E-state index in [0.717, 1.165) is 62.0 Å². The van der Waals surface area contributed by atoms with Crippen LogP contribution in [-0.2, 0) is 11.2 Å². The summed E-state index contributed by atoms with van der Waals surface area (Å²) in [4.78, 5) is 17.5. The molecule has 0 saturated carbocycles. The van der Waals surface area contributed by atoms with Crippen molar-refractivity contribution in [3.05, 3.63) is 47.5 Å². The summed E-state index contributed by atoms with van der Waals surface area (Å²) < 4.78 is 0. The molecule has 0 bridgehead atoms. The summed E-state index contributed by atoms with van der Waals surface area (Å²) in [6.07, 6.45) is 5.37. The first-order valence-electron chi connectivity index (χ1n) is 12.3. The molecule has 0 unspecified atom stereocenters. The highest BCUT2D eigenvalue weighted by Gasteiger charge is 2.28. The number of rotatable bonds is 6. The van der Waals surface area contributed by atoms with Gasteiger partial charge in [0.25, 0.3) is 0 Å². The Balaban J connectivity index is 1.33. The van der Waals surface area contributed by atoms with E-state index >= 15 is 0 Å². The zero-order valence-corrected chi connectivity index (χ0v) is 19.8. The summed E-state index contributed by atoms with van der Waals surface area (Å²) in [5, 5.41) is 12.2. The van der Waals surface area contributed by atoms with E-state index < -0.39 is 0 Å². The van der Waals surface area contributed by atoms with Gasteiger partial charge < -0.3 is 15.1 Å². The van der Waals surface area contributed by atoms with Gasteiger partial charge in [-0.2, -0.15) is 0 Å². The lowest BCUT2D eigenvalue weighted by atomic mass is 9.96. The molecule has 1 aromatic carbocycles. The Labute approximate surface area is 192 Å². The second-order valence-corrected chi connectivity index (χ2v) is 9.53. The first kappa shape index (κ1) is 22.6. The molecule has 1 N–H and O–H groups in total. The number of hydrogen-bond donors (Lipinski definition) is 1. The van der Waals surface area contributed by atoms with E-state index in [9.17, 15) is 4.79 Å². The highest BCUT2D eigenvalue weighted by atomic mass is 16.2. The molecule has 2 atom stereocenters. The number of benzene rings is 1. The van der Waals surface area contributed by atoms with Gasteiger partial charge in [0.05, 0.1) is 12.0 Å². The second kappa shape index (κ2) is 10.3. The molecule has 1 aromatic heterocycles. The van der Waals surface area contributed by atoms with Crippen LogP contribution >= 0.6 is 0 Å². The first-order valence-corrected chi connectivity index (χ1v) is 12.3. The maximum Gasteiger partial charge on any atom is 0.225 e. The number of carbonyl (C=O) groups is 1. The minimum Gasteiger partial charge on any atom is -0.355 e. The normalized spacial score (nSPS) is 20.8. The highest BCUT2D eigenvalue weighted by Crippen LogP contribution is 2.25. The Kier molecular flexibility index (Phi) is 7.28. The number of aryl methyl sites for hydroxylation is 1. The summed E-state index contributed by atoms with van der Waals surface area (Å²) in [5.41, 5.74) is 2.47. The number of nitrogens with zero attached hydrogens (tertiary/aromatic N) is 4. The monoisotopic (exact) mass is 435 g/mol. The highest BCUT2D eigenvalue weighted by molar-refractivity contribution is 5.80. The number of hydrogen-bond acceptors (Lipinski definition) is 5. The van der Waals surface area contributed by atoms with Crippen LogP contribution in [0.4, 0.5) is 11.6 Å². The molecule has 6 nitrogen and oxygen atoms in total. The summed E-state index contributed by atoms with van der Waals surface area (Å²) in [6, 6.07) is 12.7. The maximum absolute atomic E-state index is 13.0. The first-order chi connectivity index (χ1) is 15.5. The fourth-order valence-corrected chi connectivity index (χ4v) is 4.75. The molecular weight excluding hydrogens is 398 g/mol. The summed E-state index contributed by atoms with van der Waals surface area (Å²) in [5.74, 6) is 2.75. The quantitative estimate of drug-likeness (QED) is 0.730. The van der Waals surface area contributed by atoms with E-state index in [-0.39, 0.29) is 17.9 Å². The Morgan fingerprint density at radius 3 is 2.28 bits per heavy atom. The number of carbonyl (C=O) groups excluding carboxylic acids is 1. The molecule has 2 aromatic rings. The van der Waals surface area contributed by atoms with Crippen LogP contribution in [0.2, 0.25) is 0 Å². The minimum absolute atomic E-state index is 0.00937. The van der Waals surface area contributed by atoms with Gasteiger partial charge in [0, 0.05) is 26.2 Å². The maximum atomic E-state index is 13.0. The third-order valence-corrected chi connectivity index (χ3v) is 7.11. The lowest BCUT2D eigenvalue weighted by Crippen LogP contribution is -2.44. The van der Waals surface area contributed by atoms with Gasteiger partial charge in [0.1, 0.15) is 0 Å². The van der Waals surface area contributed by atoms with Crippen molar-refractivity contribution in [3.8, 4) is 0 Å². The number of aromatic nitrogens is 2. The van der Waals surface area contributed by atoms with Crippen molar-refractivity contribution >= 4 is 17.5 Å². The van der Waals surface area contributed by atoms with E-state index in [1.165, 1.54) is 18.4 Å². The van der Waals surface area contributed by atoms with Crippen molar-refractivity contribution in [1.82, 2.24) is 15.5 Å². The molecule has 6 heteroatoms. The lowest BCUT2D eigenvalue weighted by Gasteiger charge is -2.34. The predicted octanol–water partition coefficient (Wildman–Crippen LogP) is 4.37. The van der Waals surface area contributed by atoms with Crippen molar-refractivity contribution in [1.29, 1.82) is 0 Å². The van der Waals surface area contributed by atoms with Crippen LogP contribution in [-0.4, -0.2) is 42.3 Å². The molecule has 0 spiro atoms. The van der Waals surface area contributed by atoms with Crippen LogP contribution in [0.5, 0.6) is 0 Å². The van der Waals surface area contributed by atoms with E-state index in [2.05, 4.69) is 82.5 Å². The fraction of sp³-hybridized carbons (Fsp3) is 0.577. The summed E-state index contributed by atoms with van der Waals surface area (Å²) in [7, 11) is 0.